The van der Waals surface area contributed by atoms with Gasteiger partial charge in [0, 0.05) is 37.3 Å². The summed E-state index contributed by atoms with van der Waals surface area (Å²) < 4.78 is 0. The highest BCUT2D eigenvalue weighted by Gasteiger charge is 2.19. The van der Waals surface area contributed by atoms with Crippen molar-refractivity contribution in [2.45, 2.75) is 32.7 Å². The van der Waals surface area contributed by atoms with Crippen LogP contribution in [-0.2, 0) is 11.2 Å². The van der Waals surface area contributed by atoms with Crippen molar-refractivity contribution in [1.82, 2.24) is 4.90 Å². The number of rotatable bonds is 8. The first-order chi connectivity index (χ1) is 12.0. The number of aromatic hydroxyl groups is 1. The van der Waals surface area contributed by atoms with E-state index in [2.05, 4.69) is 43.1 Å². The SMILES string of the molecule is CCC(=O)N(CC(C)N(C)CCc1ccccc1)c1cccc(O)c1. The van der Waals surface area contributed by atoms with Gasteiger partial charge < -0.3 is 14.9 Å². The third kappa shape index (κ3) is 5.61. The summed E-state index contributed by atoms with van der Waals surface area (Å²) in [4.78, 5) is 16.4. The lowest BCUT2D eigenvalue weighted by atomic mass is 10.1. The van der Waals surface area contributed by atoms with Crippen LogP contribution in [0.25, 0.3) is 0 Å². The Kier molecular flexibility index (Phi) is 7.02. The Morgan fingerprint density at radius 3 is 2.48 bits per heavy atom. The second-order valence-electron chi connectivity index (χ2n) is 6.44. The molecular weight excluding hydrogens is 312 g/mol. The van der Waals surface area contributed by atoms with Gasteiger partial charge in [-0.3, -0.25) is 4.79 Å². The van der Waals surface area contributed by atoms with Gasteiger partial charge in [-0.05, 0) is 38.1 Å². The van der Waals surface area contributed by atoms with Gasteiger partial charge in [0.25, 0.3) is 0 Å². The quantitative estimate of drug-likeness (QED) is 0.797. The number of hydrogen-bond donors (Lipinski definition) is 1. The van der Waals surface area contributed by atoms with Gasteiger partial charge in [-0.2, -0.15) is 0 Å². The molecule has 0 bridgehead atoms. The fourth-order valence-electron chi connectivity index (χ4n) is 2.78. The number of phenolic OH excluding ortho intramolecular Hbond substituents is 1. The van der Waals surface area contributed by atoms with Crippen LogP contribution in [0.1, 0.15) is 25.8 Å². The number of anilines is 1. The highest BCUT2D eigenvalue weighted by atomic mass is 16.3. The predicted molar refractivity (Wildman–Crippen MR) is 103 cm³/mol. The van der Waals surface area contributed by atoms with Gasteiger partial charge >= 0.3 is 0 Å². The van der Waals surface area contributed by atoms with Crippen LogP contribution in [0.2, 0.25) is 0 Å². The minimum Gasteiger partial charge on any atom is -0.508 e. The van der Waals surface area contributed by atoms with Crippen molar-refractivity contribution in [2.24, 2.45) is 0 Å². The normalized spacial score (nSPS) is 12.2. The van der Waals surface area contributed by atoms with Crippen molar-refractivity contribution in [2.75, 3.05) is 25.0 Å². The predicted octanol–water partition coefficient (Wildman–Crippen LogP) is 3.70. The summed E-state index contributed by atoms with van der Waals surface area (Å²) in [5.41, 5.74) is 2.06. The highest BCUT2D eigenvalue weighted by Crippen LogP contribution is 2.21. The van der Waals surface area contributed by atoms with Crippen molar-refractivity contribution in [3.05, 3.63) is 60.2 Å². The van der Waals surface area contributed by atoms with E-state index >= 15 is 0 Å². The standard InChI is InChI=1S/C21H28N2O2/c1-4-21(25)23(19-11-8-12-20(24)15-19)16-17(2)22(3)14-13-18-9-6-5-7-10-18/h5-12,15,17,24H,4,13-14,16H2,1-3H3. The second-order valence-corrected chi connectivity index (χ2v) is 6.44. The Labute approximate surface area is 150 Å². The Morgan fingerprint density at radius 2 is 1.84 bits per heavy atom. The first-order valence-corrected chi connectivity index (χ1v) is 8.84. The lowest BCUT2D eigenvalue weighted by Gasteiger charge is -2.31. The molecule has 1 atom stereocenters. The van der Waals surface area contributed by atoms with E-state index < -0.39 is 0 Å². The Balaban J connectivity index is 2.00. The Bertz CT molecular complexity index is 673. The van der Waals surface area contributed by atoms with Crippen molar-refractivity contribution in [1.29, 1.82) is 0 Å². The third-order valence-electron chi connectivity index (χ3n) is 4.54. The Hall–Kier alpha value is -2.33. The molecule has 1 N–H and O–H groups in total. The van der Waals surface area contributed by atoms with Crippen LogP contribution < -0.4 is 4.90 Å². The molecule has 1 amide bonds. The minimum atomic E-state index is 0.0638. The van der Waals surface area contributed by atoms with E-state index in [4.69, 9.17) is 0 Å². The summed E-state index contributed by atoms with van der Waals surface area (Å²) in [7, 11) is 2.09. The highest BCUT2D eigenvalue weighted by molar-refractivity contribution is 5.93. The van der Waals surface area contributed by atoms with Crippen LogP contribution in [0.15, 0.2) is 54.6 Å². The molecule has 2 rings (SSSR count). The van der Waals surface area contributed by atoms with Crippen molar-refractivity contribution < 1.29 is 9.90 Å². The van der Waals surface area contributed by atoms with Crippen LogP contribution in [0.4, 0.5) is 5.69 Å². The third-order valence-corrected chi connectivity index (χ3v) is 4.54. The van der Waals surface area contributed by atoms with E-state index in [1.807, 2.05) is 19.1 Å². The first kappa shape index (κ1) is 19.0. The molecule has 0 aliphatic rings. The van der Waals surface area contributed by atoms with Crippen LogP contribution in [0.5, 0.6) is 5.75 Å². The number of phenols is 1. The number of carbonyl (C=O) groups is 1. The van der Waals surface area contributed by atoms with Gasteiger partial charge in [0.1, 0.15) is 5.75 Å². The van der Waals surface area contributed by atoms with Crippen LogP contribution in [0.3, 0.4) is 0 Å². The summed E-state index contributed by atoms with van der Waals surface area (Å²) >= 11 is 0. The molecule has 25 heavy (non-hydrogen) atoms. The smallest absolute Gasteiger partial charge is 0.226 e. The molecule has 0 saturated heterocycles. The van der Waals surface area contributed by atoms with Gasteiger partial charge in [0.2, 0.25) is 5.91 Å². The fourth-order valence-corrected chi connectivity index (χ4v) is 2.78. The van der Waals surface area contributed by atoms with Crippen molar-refractivity contribution in [3.8, 4) is 5.75 Å². The largest absolute Gasteiger partial charge is 0.508 e. The zero-order valence-electron chi connectivity index (χ0n) is 15.4. The molecule has 134 valence electrons. The molecule has 0 aliphatic carbocycles. The first-order valence-electron chi connectivity index (χ1n) is 8.84. The molecule has 0 aliphatic heterocycles. The van der Waals surface area contributed by atoms with Crippen molar-refractivity contribution >= 4 is 11.6 Å². The van der Waals surface area contributed by atoms with E-state index in [-0.39, 0.29) is 17.7 Å². The molecule has 0 spiro atoms. The minimum absolute atomic E-state index is 0.0638. The summed E-state index contributed by atoms with van der Waals surface area (Å²) in [5, 5.41) is 9.72. The van der Waals surface area contributed by atoms with Gasteiger partial charge in [-0.15, -0.1) is 0 Å². The number of carbonyl (C=O) groups excluding carboxylic acids is 1. The summed E-state index contributed by atoms with van der Waals surface area (Å²) in [6.07, 6.45) is 1.42. The summed E-state index contributed by atoms with van der Waals surface area (Å²) in [5.74, 6) is 0.241. The monoisotopic (exact) mass is 340 g/mol. The average Bonchev–Trinajstić information content (AvgIpc) is 2.64. The fraction of sp³-hybridized carbons (Fsp3) is 0.381. The topological polar surface area (TPSA) is 43.8 Å². The molecule has 0 saturated carbocycles. The molecule has 0 aromatic heterocycles. The van der Waals surface area contributed by atoms with E-state index in [1.165, 1.54) is 5.56 Å². The maximum atomic E-state index is 12.4. The molecule has 1 unspecified atom stereocenters. The number of hydrogen-bond acceptors (Lipinski definition) is 3. The Morgan fingerprint density at radius 1 is 1.12 bits per heavy atom. The van der Waals surface area contributed by atoms with E-state index in [0.717, 1.165) is 18.7 Å². The van der Waals surface area contributed by atoms with Crippen LogP contribution in [0, 0.1) is 0 Å². The molecule has 0 radical (unpaired) electrons. The lowest BCUT2D eigenvalue weighted by Crippen LogP contribution is -2.43. The number of amides is 1. The molecule has 0 fully saturated rings. The van der Waals surface area contributed by atoms with E-state index in [9.17, 15) is 9.90 Å². The van der Waals surface area contributed by atoms with Crippen molar-refractivity contribution in [3.63, 3.8) is 0 Å². The van der Waals surface area contributed by atoms with Gasteiger partial charge in [0.05, 0.1) is 0 Å². The van der Waals surface area contributed by atoms with Gasteiger partial charge in [-0.25, -0.2) is 0 Å². The number of nitrogens with zero attached hydrogens (tertiary/aromatic N) is 2. The maximum Gasteiger partial charge on any atom is 0.226 e. The second kappa shape index (κ2) is 9.23. The molecule has 0 heterocycles. The zero-order chi connectivity index (χ0) is 18.2. The van der Waals surface area contributed by atoms with Crippen LogP contribution in [-0.4, -0.2) is 42.1 Å². The number of likely N-dealkylation sites (N-methyl/N-ethyl adjacent to an activating group) is 1. The molecule has 2 aromatic rings. The molecular formula is C21H28N2O2. The van der Waals surface area contributed by atoms with Gasteiger partial charge in [-0.1, -0.05) is 43.3 Å². The average molecular weight is 340 g/mol. The van der Waals surface area contributed by atoms with Gasteiger partial charge in [0.15, 0.2) is 0 Å². The summed E-state index contributed by atoms with van der Waals surface area (Å²) in [6, 6.07) is 17.5. The summed E-state index contributed by atoms with van der Waals surface area (Å²) in [6.45, 7) is 5.52. The molecule has 4 heteroatoms. The molecule has 4 nitrogen and oxygen atoms in total. The lowest BCUT2D eigenvalue weighted by molar-refractivity contribution is -0.118. The zero-order valence-corrected chi connectivity index (χ0v) is 15.4. The maximum absolute atomic E-state index is 12.4. The van der Waals surface area contributed by atoms with Crippen LogP contribution >= 0.6 is 0 Å². The number of benzene rings is 2. The molecule has 2 aromatic carbocycles. The van der Waals surface area contributed by atoms with E-state index in [0.29, 0.717) is 13.0 Å². The van der Waals surface area contributed by atoms with E-state index in [1.54, 1.807) is 23.1 Å².